The van der Waals surface area contributed by atoms with Crippen molar-refractivity contribution < 1.29 is 13.9 Å². The van der Waals surface area contributed by atoms with Crippen molar-refractivity contribution in [1.29, 1.82) is 0 Å². The maximum Gasteiger partial charge on any atom is 0.337 e. The zero-order chi connectivity index (χ0) is 14.8. The zero-order valence-electron chi connectivity index (χ0n) is 11.7. The minimum Gasteiger partial charge on any atom is -0.465 e. The molecule has 2 aromatic carbocycles. The SMILES string of the molecule is COC(=O)c1ccc2c(c1)[C@H](c1ccc(F)cc1)NCC2. The van der Waals surface area contributed by atoms with E-state index in [0.717, 1.165) is 24.1 Å². The van der Waals surface area contributed by atoms with Crippen molar-refractivity contribution in [1.82, 2.24) is 5.32 Å². The van der Waals surface area contributed by atoms with Crippen LogP contribution in [0.2, 0.25) is 0 Å². The topological polar surface area (TPSA) is 38.3 Å². The second-order valence-electron chi connectivity index (χ2n) is 5.09. The highest BCUT2D eigenvalue weighted by molar-refractivity contribution is 5.89. The monoisotopic (exact) mass is 285 g/mol. The van der Waals surface area contributed by atoms with Crippen molar-refractivity contribution in [3.05, 3.63) is 70.5 Å². The van der Waals surface area contributed by atoms with E-state index in [4.69, 9.17) is 4.74 Å². The predicted octanol–water partition coefficient (Wildman–Crippen LogP) is 2.85. The largest absolute Gasteiger partial charge is 0.465 e. The van der Waals surface area contributed by atoms with Gasteiger partial charge in [-0.2, -0.15) is 0 Å². The number of hydrogen-bond acceptors (Lipinski definition) is 3. The number of methoxy groups -OCH3 is 1. The number of ether oxygens (including phenoxy) is 1. The van der Waals surface area contributed by atoms with Gasteiger partial charge in [-0.1, -0.05) is 18.2 Å². The van der Waals surface area contributed by atoms with E-state index in [1.165, 1.54) is 24.8 Å². The summed E-state index contributed by atoms with van der Waals surface area (Å²) in [7, 11) is 1.37. The summed E-state index contributed by atoms with van der Waals surface area (Å²) in [6, 6.07) is 12.0. The Morgan fingerprint density at radius 2 is 2.00 bits per heavy atom. The van der Waals surface area contributed by atoms with E-state index in [-0.39, 0.29) is 17.8 Å². The number of nitrogens with one attached hydrogen (secondary N) is 1. The zero-order valence-corrected chi connectivity index (χ0v) is 11.7. The number of benzene rings is 2. The number of halogens is 1. The lowest BCUT2D eigenvalue weighted by atomic mass is 9.88. The molecule has 0 saturated carbocycles. The first-order valence-electron chi connectivity index (χ1n) is 6.89. The van der Waals surface area contributed by atoms with Crippen LogP contribution in [0.15, 0.2) is 42.5 Å². The molecule has 1 atom stereocenters. The Labute approximate surface area is 122 Å². The Balaban J connectivity index is 2.03. The highest BCUT2D eigenvalue weighted by atomic mass is 19.1. The van der Waals surface area contributed by atoms with Gasteiger partial charge in [0.15, 0.2) is 0 Å². The molecule has 0 aromatic heterocycles. The van der Waals surface area contributed by atoms with Gasteiger partial charge in [-0.05, 0) is 47.4 Å². The van der Waals surface area contributed by atoms with Crippen LogP contribution in [0.25, 0.3) is 0 Å². The van der Waals surface area contributed by atoms with E-state index in [0.29, 0.717) is 5.56 Å². The van der Waals surface area contributed by atoms with E-state index in [9.17, 15) is 9.18 Å². The molecule has 0 aliphatic carbocycles. The van der Waals surface area contributed by atoms with Crippen LogP contribution >= 0.6 is 0 Å². The van der Waals surface area contributed by atoms with Crippen molar-refractivity contribution in [3.8, 4) is 0 Å². The quantitative estimate of drug-likeness (QED) is 0.862. The average Bonchev–Trinajstić information content (AvgIpc) is 2.54. The predicted molar refractivity (Wildman–Crippen MR) is 77.7 cm³/mol. The van der Waals surface area contributed by atoms with Crippen LogP contribution in [-0.2, 0) is 11.2 Å². The van der Waals surface area contributed by atoms with Crippen molar-refractivity contribution >= 4 is 5.97 Å². The fourth-order valence-electron chi connectivity index (χ4n) is 2.75. The minimum absolute atomic E-state index is 0.0287. The Kier molecular flexibility index (Phi) is 3.71. The summed E-state index contributed by atoms with van der Waals surface area (Å²) >= 11 is 0. The van der Waals surface area contributed by atoms with E-state index >= 15 is 0 Å². The molecule has 0 spiro atoms. The van der Waals surface area contributed by atoms with Crippen molar-refractivity contribution in [2.45, 2.75) is 12.5 Å². The Morgan fingerprint density at radius 3 is 2.71 bits per heavy atom. The summed E-state index contributed by atoms with van der Waals surface area (Å²) < 4.78 is 17.9. The summed E-state index contributed by atoms with van der Waals surface area (Å²) in [6.07, 6.45) is 0.911. The molecule has 0 amide bonds. The normalized spacial score (nSPS) is 17.1. The summed E-state index contributed by atoms with van der Waals surface area (Å²) in [5, 5.41) is 3.42. The molecule has 1 aliphatic heterocycles. The van der Waals surface area contributed by atoms with Gasteiger partial charge < -0.3 is 10.1 Å². The third-order valence-corrected chi connectivity index (χ3v) is 3.82. The fraction of sp³-hybridized carbons (Fsp3) is 0.235. The average molecular weight is 285 g/mol. The molecule has 21 heavy (non-hydrogen) atoms. The van der Waals surface area contributed by atoms with Gasteiger partial charge in [0, 0.05) is 6.54 Å². The summed E-state index contributed by atoms with van der Waals surface area (Å²) in [5.41, 5.74) is 3.78. The molecule has 4 heteroatoms. The second kappa shape index (κ2) is 5.66. The summed E-state index contributed by atoms with van der Waals surface area (Å²) in [5.74, 6) is -0.598. The van der Waals surface area contributed by atoms with E-state index in [2.05, 4.69) is 5.32 Å². The highest BCUT2D eigenvalue weighted by Crippen LogP contribution is 2.29. The van der Waals surface area contributed by atoms with Crippen LogP contribution in [0.5, 0.6) is 0 Å². The molecule has 108 valence electrons. The van der Waals surface area contributed by atoms with Crippen molar-refractivity contribution in [3.63, 3.8) is 0 Å². The lowest BCUT2D eigenvalue weighted by Crippen LogP contribution is -2.30. The van der Waals surface area contributed by atoms with Crippen molar-refractivity contribution in [2.24, 2.45) is 0 Å². The van der Waals surface area contributed by atoms with Gasteiger partial charge in [0.1, 0.15) is 5.82 Å². The van der Waals surface area contributed by atoms with E-state index in [1.807, 2.05) is 12.1 Å². The highest BCUT2D eigenvalue weighted by Gasteiger charge is 2.22. The van der Waals surface area contributed by atoms with Gasteiger partial charge in [-0.15, -0.1) is 0 Å². The van der Waals surface area contributed by atoms with Gasteiger partial charge in [-0.3, -0.25) is 0 Å². The van der Waals surface area contributed by atoms with Crippen LogP contribution in [0.3, 0.4) is 0 Å². The molecule has 2 aromatic rings. The van der Waals surface area contributed by atoms with Crippen LogP contribution < -0.4 is 5.32 Å². The van der Waals surface area contributed by atoms with Crippen LogP contribution in [0, 0.1) is 5.82 Å². The molecule has 3 nitrogen and oxygen atoms in total. The number of fused-ring (bicyclic) bond motifs is 1. The van der Waals surface area contributed by atoms with Gasteiger partial charge >= 0.3 is 5.97 Å². The molecule has 1 N–H and O–H groups in total. The first kappa shape index (κ1) is 13.8. The number of hydrogen-bond donors (Lipinski definition) is 1. The smallest absolute Gasteiger partial charge is 0.337 e. The lowest BCUT2D eigenvalue weighted by Gasteiger charge is -2.27. The molecule has 0 saturated heterocycles. The standard InChI is InChI=1S/C17H16FNO2/c1-21-17(20)13-3-2-11-8-9-19-16(15(11)10-13)12-4-6-14(18)7-5-12/h2-7,10,16,19H,8-9H2,1H3/t16-/m0/s1. The molecule has 3 rings (SSSR count). The Hall–Kier alpha value is -2.20. The molecule has 0 bridgehead atoms. The van der Waals surface area contributed by atoms with Gasteiger partial charge in [-0.25, -0.2) is 9.18 Å². The molecular weight excluding hydrogens is 269 g/mol. The lowest BCUT2D eigenvalue weighted by molar-refractivity contribution is 0.0600. The fourth-order valence-corrected chi connectivity index (χ4v) is 2.75. The first-order valence-corrected chi connectivity index (χ1v) is 6.89. The Morgan fingerprint density at radius 1 is 1.24 bits per heavy atom. The van der Waals surface area contributed by atoms with Gasteiger partial charge in [0.25, 0.3) is 0 Å². The van der Waals surface area contributed by atoms with Crippen LogP contribution in [-0.4, -0.2) is 19.6 Å². The van der Waals surface area contributed by atoms with E-state index in [1.54, 1.807) is 18.2 Å². The second-order valence-corrected chi connectivity index (χ2v) is 5.09. The number of carbonyl (C=O) groups excluding carboxylic acids is 1. The molecular formula is C17H16FNO2. The Bertz CT molecular complexity index is 667. The molecule has 1 heterocycles. The maximum atomic E-state index is 13.1. The van der Waals surface area contributed by atoms with Gasteiger partial charge in [0.2, 0.25) is 0 Å². The number of carbonyl (C=O) groups is 1. The maximum absolute atomic E-state index is 13.1. The number of esters is 1. The molecule has 0 radical (unpaired) electrons. The minimum atomic E-state index is -0.346. The third kappa shape index (κ3) is 2.67. The third-order valence-electron chi connectivity index (χ3n) is 3.82. The van der Waals surface area contributed by atoms with Crippen molar-refractivity contribution in [2.75, 3.05) is 13.7 Å². The summed E-state index contributed by atoms with van der Waals surface area (Å²) in [4.78, 5) is 11.7. The van der Waals surface area contributed by atoms with Crippen LogP contribution in [0.4, 0.5) is 4.39 Å². The molecule has 0 unspecified atom stereocenters. The van der Waals surface area contributed by atoms with Crippen LogP contribution in [0.1, 0.15) is 33.1 Å². The van der Waals surface area contributed by atoms with E-state index < -0.39 is 0 Å². The van der Waals surface area contributed by atoms with Gasteiger partial charge in [0.05, 0.1) is 18.7 Å². The first-order chi connectivity index (χ1) is 10.2. The summed E-state index contributed by atoms with van der Waals surface area (Å²) in [6.45, 7) is 0.854. The molecule has 1 aliphatic rings. The molecule has 0 fully saturated rings. The number of rotatable bonds is 2.